The molecule has 0 aromatic carbocycles. The summed E-state index contributed by atoms with van der Waals surface area (Å²) in [6.07, 6.45) is 11.2. The van der Waals surface area contributed by atoms with Gasteiger partial charge in [0.25, 0.3) is 0 Å². The van der Waals surface area contributed by atoms with E-state index in [-0.39, 0.29) is 0 Å². The third kappa shape index (κ3) is 3.52. The molecule has 21 heavy (non-hydrogen) atoms. The van der Waals surface area contributed by atoms with Crippen LogP contribution in [0.15, 0.2) is 37.1 Å². The largest absolute Gasteiger partial charge is 0.340 e. The number of piperidine rings is 1. The summed E-state index contributed by atoms with van der Waals surface area (Å²) in [7, 11) is 2.08. The molecule has 1 aliphatic rings. The van der Waals surface area contributed by atoms with Gasteiger partial charge in [0.05, 0.1) is 5.69 Å². The first-order chi connectivity index (χ1) is 10.3. The van der Waals surface area contributed by atoms with Crippen LogP contribution in [0.1, 0.15) is 18.5 Å². The van der Waals surface area contributed by atoms with E-state index in [0.717, 1.165) is 31.3 Å². The molecule has 1 aliphatic heterocycles. The van der Waals surface area contributed by atoms with E-state index in [1.807, 2.05) is 12.3 Å². The lowest BCUT2D eigenvalue weighted by Crippen LogP contribution is -2.46. The third-order valence-corrected chi connectivity index (χ3v) is 3.90. The zero-order chi connectivity index (χ0) is 14.5. The van der Waals surface area contributed by atoms with Crippen LogP contribution in [-0.4, -0.2) is 51.0 Å². The average Bonchev–Trinajstić information content (AvgIpc) is 2.56. The maximum atomic E-state index is 4.36. The molecule has 2 aromatic rings. The van der Waals surface area contributed by atoms with Gasteiger partial charge in [-0.3, -0.25) is 14.9 Å². The Morgan fingerprint density at radius 1 is 1.19 bits per heavy atom. The summed E-state index contributed by atoms with van der Waals surface area (Å²) < 4.78 is 0. The van der Waals surface area contributed by atoms with Gasteiger partial charge in [0.1, 0.15) is 0 Å². The van der Waals surface area contributed by atoms with Gasteiger partial charge >= 0.3 is 0 Å². The van der Waals surface area contributed by atoms with Crippen molar-refractivity contribution in [1.29, 1.82) is 0 Å². The average molecular weight is 284 g/mol. The lowest BCUT2D eigenvalue weighted by atomic mass is 10.0. The minimum absolute atomic E-state index is 0.442. The molecule has 3 heterocycles. The molecule has 110 valence electrons. The second-order valence-corrected chi connectivity index (χ2v) is 5.39. The van der Waals surface area contributed by atoms with Gasteiger partial charge < -0.3 is 4.90 Å². The van der Waals surface area contributed by atoms with Crippen molar-refractivity contribution in [2.45, 2.75) is 25.4 Å². The molecule has 0 radical (unpaired) electrons. The topological polar surface area (TPSA) is 58.0 Å². The molecule has 1 fully saturated rings. The summed E-state index contributed by atoms with van der Waals surface area (Å²) in [5.74, 6) is 0.795. The lowest BCUT2D eigenvalue weighted by molar-refractivity contribution is 0.196. The van der Waals surface area contributed by atoms with Crippen molar-refractivity contribution in [3.05, 3.63) is 42.7 Å². The Hall–Kier alpha value is -2.08. The van der Waals surface area contributed by atoms with Crippen molar-refractivity contribution in [1.82, 2.24) is 24.8 Å². The van der Waals surface area contributed by atoms with Gasteiger partial charge in [-0.25, -0.2) is 9.97 Å². The van der Waals surface area contributed by atoms with Gasteiger partial charge in [-0.1, -0.05) is 0 Å². The number of hydrogen-bond acceptors (Lipinski definition) is 6. The van der Waals surface area contributed by atoms with Gasteiger partial charge in [0, 0.05) is 57.2 Å². The fourth-order valence-electron chi connectivity index (χ4n) is 2.77. The van der Waals surface area contributed by atoms with Crippen LogP contribution >= 0.6 is 0 Å². The maximum Gasteiger partial charge on any atom is 0.225 e. The zero-order valence-corrected chi connectivity index (χ0v) is 12.3. The van der Waals surface area contributed by atoms with Crippen molar-refractivity contribution in [2.24, 2.45) is 0 Å². The van der Waals surface area contributed by atoms with E-state index in [1.54, 1.807) is 24.8 Å². The summed E-state index contributed by atoms with van der Waals surface area (Å²) in [5, 5.41) is 0. The molecule has 6 heteroatoms. The molecule has 0 spiro atoms. The minimum Gasteiger partial charge on any atom is -0.340 e. The van der Waals surface area contributed by atoms with Gasteiger partial charge in [-0.15, -0.1) is 0 Å². The molecule has 1 unspecified atom stereocenters. The van der Waals surface area contributed by atoms with Gasteiger partial charge in [-0.05, 0) is 25.5 Å². The van der Waals surface area contributed by atoms with Gasteiger partial charge in [-0.2, -0.15) is 0 Å². The fraction of sp³-hybridized carbons (Fsp3) is 0.467. The van der Waals surface area contributed by atoms with Gasteiger partial charge in [0.15, 0.2) is 0 Å². The van der Waals surface area contributed by atoms with Crippen LogP contribution in [0.25, 0.3) is 0 Å². The molecule has 1 atom stereocenters. The van der Waals surface area contributed by atoms with Crippen molar-refractivity contribution in [2.75, 3.05) is 25.0 Å². The molecule has 3 rings (SSSR count). The van der Waals surface area contributed by atoms with Crippen LogP contribution in [0.3, 0.4) is 0 Å². The SMILES string of the molecule is CN(c1ncccn1)C1CCCN(Cc2cnccn2)C1. The number of hydrogen-bond donors (Lipinski definition) is 0. The van der Waals surface area contributed by atoms with E-state index in [0.29, 0.717) is 6.04 Å². The first-order valence-corrected chi connectivity index (χ1v) is 7.30. The summed E-state index contributed by atoms with van der Waals surface area (Å²) >= 11 is 0. The Kier molecular flexibility index (Phi) is 4.35. The summed E-state index contributed by atoms with van der Waals surface area (Å²) in [6, 6.07) is 2.29. The smallest absolute Gasteiger partial charge is 0.225 e. The summed E-state index contributed by atoms with van der Waals surface area (Å²) in [5.41, 5.74) is 1.02. The van der Waals surface area contributed by atoms with E-state index in [2.05, 4.69) is 36.8 Å². The number of likely N-dealkylation sites (tertiary alicyclic amines) is 1. The Bertz CT molecular complexity index is 547. The first-order valence-electron chi connectivity index (χ1n) is 7.30. The van der Waals surface area contributed by atoms with Crippen LogP contribution in [0.5, 0.6) is 0 Å². The Balaban J connectivity index is 1.63. The zero-order valence-electron chi connectivity index (χ0n) is 12.3. The highest BCUT2D eigenvalue weighted by molar-refractivity contribution is 5.29. The highest BCUT2D eigenvalue weighted by Gasteiger charge is 2.24. The van der Waals surface area contributed by atoms with Crippen LogP contribution in [0.2, 0.25) is 0 Å². The van der Waals surface area contributed by atoms with Crippen molar-refractivity contribution in [3.8, 4) is 0 Å². The molecule has 0 N–H and O–H groups in total. The molecule has 0 saturated carbocycles. The highest BCUT2D eigenvalue weighted by atomic mass is 15.3. The lowest BCUT2D eigenvalue weighted by Gasteiger charge is -2.37. The van der Waals surface area contributed by atoms with Crippen LogP contribution in [0, 0.1) is 0 Å². The fourth-order valence-corrected chi connectivity index (χ4v) is 2.77. The number of likely N-dealkylation sites (N-methyl/N-ethyl adjacent to an activating group) is 1. The predicted molar refractivity (Wildman–Crippen MR) is 80.8 cm³/mol. The molecular weight excluding hydrogens is 264 g/mol. The number of aromatic nitrogens is 4. The minimum atomic E-state index is 0.442. The van der Waals surface area contributed by atoms with E-state index in [4.69, 9.17) is 0 Å². The molecule has 0 aliphatic carbocycles. The highest BCUT2D eigenvalue weighted by Crippen LogP contribution is 2.19. The number of anilines is 1. The summed E-state index contributed by atoms with van der Waals surface area (Å²) in [4.78, 5) is 21.8. The number of nitrogens with zero attached hydrogens (tertiary/aromatic N) is 6. The second kappa shape index (κ2) is 6.58. The Labute approximate surface area is 124 Å². The third-order valence-electron chi connectivity index (χ3n) is 3.90. The summed E-state index contributed by atoms with van der Waals surface area (Å²) in [6.45, 7) is 2.97. The van der Waals surface area contributed by atoms with E-state index >= 15 is 0 Å². The monoisotopic (exact) mass is 284 g/mol. The molecule has 1 saturated heterocycles. The van der Waals surface area contributed by atoms with Crippen molar-refractivity contribution in [3.63, 3.8) is 0 Å². The second-order valence-electron chi connectivity index (χ2n) is 5.39. The molecule has 0 amide bonds. The Morgan fingerprint density at radius 2 is 2.05 bits per heavy atom. The van der Waals surface area contributed by atoms with E-state index in [9.17, 15) is 0 Å². The molecule has 6 nitrogen and oxygen atoms in total. The van der Waals surface area contributed by atoms with Crippen LogP contribution in [-0.2, 0) is 6.54 Å². The number of rotatable bonds is 4. The Morgan fingerprint density at radius 3 is 2.81 bits per heavy atom. The first kappa shape index (κ1) is 13.9. The van der Waals surface area contributed by atoms with Crippen molar-refractivity contribution < 1.29 is 0 Å². The van der Waals surface area contributed by atoms with Crippen LogP contribution in [0.4, 0.5) is 5.95 Å². The van der Waals surface area contributed by atoms with Gasteiger partial charge in [0.2, 0.25) is 5.95 Å². The maximum absolute atomic E-state index is 4.36. The van der Waals surface area contributed by atoms with E-state index < -0.39 is 0 Å². The van der Waals surface area contributed by atoms with Crippen molar-refractivity contribution >= 4 is 5.95 Å². The molecule has 2 aromatic heterocycles. The quantitative estimate of drug-likeness (QED) is 0.845. The van der Waals surface area contributed by atoms with E-state index in [1.165, 1.54) is 12.8 Å². The standard InChI is InChI=1S/C15H20N6/c1-20(15-18-5-3-6-19-15)14-4-2-9-21(12-14)11-13-10-16-7-8-17-13/h3,5-8,10,14H,2,4,9,11-12H2,1H3. The molecule has 0 bridgehead atoms. The predicted octanol–water partition coefficient (Wildman–Crippen LogP) is 1.37. The molecular formula is C15H20N6. The normalized spacial score (nSPS) is 19.4. The van der Waals surface area contributed by atoms with Crippen LogP contribution < -0.4 is 4.90 Å².